The van der Waals surface area contributed by atoms with Gasteiger partial charge in [-0.25, -0.2) is 0 Å². The number of aliphatic hydroxyl groups is 2. The van der Waals surface area contributed by atoms with E-state index in [-0.39, 0.29) is 52.7 Å². The second-order valence-electron chi connectivity index (χ2n) is 18.2. The zero-order valence-corrected chi connectivity index (χ0v) is 35.5. The maximum Gasteiger partial charge on any atom is 0.312 e. The number of amides is 2. The van der Waals surface area contributed by atoms with Gasteiger partial charge in [-0.05, 0) is 84.0 Å². The lowest BCUT2D eigenvalue weighted by molar-refractivity contribution is -0.150. The average molecular weight is 791 g/mol. The van der Waals surface area contributed by atoms with Crippen LogP contribution in [0.4, 0.5) is 0 Å². The summed E-state index contributed by atoms with van der Waals surface area (Å²) in [5.41, 5.74) is -0.635. The van der Waals surface area contributed by atoms with Crippen LogP contribution in [0.15, 0.2) is 0 Å². The minimum absolute atomic E-state index is 0.0188. The van der Waals surface area contributed by atoms with Crippen molar-refractivity contribution in [3.8, 4) is 0 Å². The summed E-state index contributed by atoms with van der Waals surface area (Å²) < 4.78 is 5.20. The van der Waals surface area contributed by atoms with E-state index in [4.69, 9.17) is 20.1 Å². The smallest absolute Gasteiger partial charge is 0.312 e. The second-order valence-corrected chi connectivity index (χ2v) is 18.2. The lowest BCUT2D eigenvalue weighted by atomic mass is 9.96. The molecule has 5 N–H and O–H groups in total. The van der Waals surface area contributed by atoms with Gasteiger partial charge in [0.25, 0.3) is 0 Å². The maximum atomic E-state index is 12.1. The van der Waals surface area contributed by atoms with E-state index in [0.717, 1.165) is 103 Å². The van der Waals surface area contributed by atoms with Gasteiger partial charge in [0.1, 0.15) is 0 Å². The Labute approximate surface area is 339 Å². The normalized spacial score (nSPS) is 18.6. The molecule has 4 aliphatic carbocycles. The van der Waals surface area contributed by atoms with Gasteiger partial charge in [0, 0.05) is 23.9 Å². The van der Waals surface area contributed by atoms with Crippen LogP contribution in [-0.4, -0.2) is 72.0 Å². The van der Waals surface area contributed by atoms with Gasteiger partial charge < -0.3 is 30.7 Å². The van der Waals surface area contributed by atoms with Gasteiger partial charge in [-0.15, -0.1) is 0 Å². The molecule has 0 aliphatic heterocycles. The van der Waals surface area contributed by atoms with Gasteiger partial charge in [-0.2, -0.15) is 0 Å². The first-order chi connectivity index (χ1) is 27.1. The molecule has 0 radical (unpaired) electrons. The van der Waals surface area contributed by atoms with Crippen LogP contribution >= 0.6 is 0 Å². The van der Waals surface area contributed by atoms with Crippen molar-refractivity contribution in [2.45, 2.75) is 212 Å². The van der Waals surface area contributed by atoms with Crippen LogP contribution in [-0.2, 0) is 23.9 Å². The van der Waals surface area contributed by atoms with E-state index in [1.54, 1.807) is 0 Å². The Morgan fingerprint density at radius 2 is 0.714 bits per heavy atom. The molecule has 0 atom stereocenters. The number of nitrogens with one attached hydrogen (secondary N) is 2. The SMILES string of the molecule is CCOC(=O)C1(CCCCCCCCCCCCC2(C(=O)NCCO)CC2)CC1.O=C(O)C1(CCCCCCCCCCCCC2(C(=O)NCCO)CC2)CC1. The number of ether oxygens (including phenoxy) is 1. The Hall–Kier alpha value is -2.20. The van der Waals surface area contributed by atoms with E-state index < -0.39 is 5.97 Å². The van der Waals surface area contributed by atoms with Crippen LogP contribution in [0, 0.1) is 21.7 Å². The number of esters is 1. The van der Waals surface area contributed by atoms with Crippen LogP contribution in [0.2, 0.25) is 0 Å². The van der Waals surface area contributed by atoms with Crippen molar-refractivity contribution < 1.29 is 39.2 Å². The summed E-state index contributed by atoms with van der Waals surface area (Å²) in [5.74, 6) is -0.242. The monoisotopic (exact) mass is 791 g/mol. The summed E-state index contributed by atoms with van der Waals surface area (Å²) in [6, 6.07) is 0. The van der Waals surface area contributed by atoms with Crippen molar-refractivity contribution in [3.63, 3.8) is 0 Å². The molecule has 4 fully saturated rings. The molecule has 0 unspecified atom stereocenters. The zero-order valence-electron chi connectivity index (χ0n) is 35.5. The van der Waals surface area contributed by atoms with Crippen LogP contribution in [0.3, 0.4) is 0 Å². The van der Waals surface area contributed by atoms with Crippen molar-refractivity contribution in [1.29, 1.82) is 0 Å². The first-order valence-electron chi connectivity index (χ1n) is 23.3. The molecule has 0 bridgehead atoms. The predicted molar refractivity (Wildman–Crippen MR) is 222 cm³/mol. The zero-order chi connectivity index (χ0) is 40.6. The molecule has 0 heterocycles. The first-order valence-corrected chi connectivity index (χ1v) is 23.3. The number of hydrogen-bond donors (Lipinski definition) is 5. The van der Waals surface area contributed by atoms with Crippen molar-refractivity contribution in [1.82, 2.24) is 10.6 Å². The van der Waals surface area contributed by atoms with Gasteiger partial charge in [-0.1, -0.05) is 128 Å². The number of carboxylic acids is 1. The predicted octanol–water partition coefficient (Wildman–Crippen LogP) is 9.32. The summed E-state index contributed by atoms with van der Waals surface area (Å²) in [5, 5.41) is 32.4. The van der Waals surface area contributed by atoms with Crippen molar-refractivity contribution in [2.24, 2.45) is 21.7 Å². The van der Waals surface area contributed by atoms with Crippen LogP contribution in [0.25, 0.3) is 0 Å². The number of aliphatic hydroxyl groups excluding tert-OH is 2. The highest BCUT2D eigenvalue weighted by Crippen LogP contribution is 2.52. The number of carbonyl (C=O) groups excluding carboxylic acids is 3. The molecule has 0 aromatic carbocycles. The molecule has 0 aromatic rings. The van der Waals surface area contributed by atoms with E-state index >= 15 is 0 Å². The lowest BCUT2D eigenvalue weighted by Gasteiger charge is -2.14. The molecule has 4 rings (SSSR count). The topological polar surface area (TPSA) is 162 Å². The molecular weight excluding hydrogens is 709 g/mol. The fourth-order valence-corrected chi connectivity index (χ4v) is 8.59. The molecule has 10 nitrogen and oxygen atoms in total. The van der Waals surface area contributed by atoms with Gasteiger partial charge in [0.05, 0.1) is 30.7 Å². The van der Waals surface area contributed by atoms with Gasteiger partial charge in [-0.3, -0.25) is 19.2 Å². The largest absolute Gasteiger partial charge is 0.481 e. The molecule has 4 saturated carbocycles. The van der Waals surface area contributed by atoms with Crippen molar-refractivity contribution in [3.05, 3.63) is 0 Å². The minimum Gasteiger partial charge on any atom is -0.481 e. The average Bonchev–Trinajstić information content (AvgIpc) is 3.98. The minimum atomic E-state index is -0.583. The van der Waals surface area contributed by atoms with Crippen LogP contribution in [0.1, 0.15) is 212 Å². The molecule has 10 heteroatoms. The van der Waals surface area contributed by atoms with Crippen molar-refractivity contribution >= 4 is 23.8 Å². The quantitative estimate of drug-likeness (QED) is 0.0313. The summed E-state index contributed by atoms with van der Waals surface area (Å²) in [4.78, 5) is 47.1. The fraction of sp³-hybridized carbons (Fsp3) is 0.913. The standard InChI is InChI=1S/C24H43NO4.C22H39NO4/c1-2-29-22(28)24(17-18-24)14-12-10-8-6-4-3-5-7-9-11-13-23(15-16-23)21(27)25-19-20-26;24-18-17-23-19(25)21(13-14-21)11-9-7-5-3-1-2-4-6-8-10-12-22(15-16-22)20(26)27/h26H,2-20H2,1H3,(H,25,27);24H,1-18H2,(H,23,25)(H,26,27). The van der Waals surface area contributed by atoms with Crippen molar-refractivity contribution in [2.75, 3.05) is 32.9 Å². The van der Waals surface area contributed by atoms with Gasteiger partial charge in [0.15, 0.2) is 0 Å². The molecule has 0 saturated heterocycles. The summed E-state index contributed by atoms with van der Waals surface area (Å²) in [6.45, 7) is 3.19. The third-order valence-electron chi connectivity index (χ3n) is 13.5. The maximum absolute atomic E-state index is 12.1. The Balaban J connectivity index is 0.000000301. The highest BCUT2D eigenvalue weighted by atomic mass is 16.5. The van der Waals surface area contributed by atoms with E-state index in [1.165, 1.54) is 103 Å². The number of unbranched alkanes of at least 4 members (excludes halogenated alkanes) is 18. The third kappa shape index (κ3) is 17.7. The van der Waals surface area contributed by atoms with Crippen LogP contribution < -0.4 is 10.6 Å². The summed E-state index contributed by atoms with van der Waals surface area (Å²) >= 11 is 0. The Morgan fingerprint density at radius 3 is 0.964 bits per heavy atom. The lowest BCUT2D eigenvalue weighted by Crippen LogP contribution is -2.33. The number of carboxylic acid groups (broad SMARTS) is 1. The summed E-state index contributed by atoms with van der Waals surface area (Å²) in [7, 11) is 0. The molecule has 0 spiro atoms. The fourth-order valence-electron chi connectivity index (χ4n) is 8.59. The number of aliphatic carboxylic acids is 1. The third-order valence-corrected chi connectivity index (χ3v) is 13.5. The number of carbonyl (C=O) groups is 4. The Kier molecular flexibility index (Phi) is 22.4. The van der Waals surface area contributed by atoms with Crippen LogP contribution in [0.5, 0.6) is 0 Å². The molecule has 0 aromatic heterocycles. The molecule has 324 valence electrons. The second kappa shape index (κ2) is 26.0. The molecule has 56 heavy (non-hydrogen) atoms. The molecule has 2 amide bonds. The Bertz CT molecular complexity index is 1140. The van der Waals surface area contributed by atoms with E-state index in [1.807, 2.05) is 6.92 Å². The van der Waals surface area contributed by atoms with Gasteiger partial charge >= 0.3 is 11.9 Å². The highest BCUT2D eigenvalue weighted by Gasteiger charge is 2.51. The number of hydrogen-bond acceptors (Lipinski definition) is 7. The van der Waals surface area contributed by atoms with Gasteiger partial charge in [0.2, 0.25) is 11.8 Å². The molecule has 4 aliphatic rings. The Morgan fingerprint density at radius 1 is 0.446 bits per heavy atom. The highest BCUT2D eigenvalue weighted by molar-refractivity contribution is 5.85. The van der Waals surface area contributed by atoms with E-state index in [9.17, 15) is 19.2 Å². The number of rotatable bonds is 35. The molecular formula is C46H82N2O8. The first kappa shape index (κ1) is 48.2. The summed E-state index contributed by atoms with van der Waals surface area (Å²) in [6.07, 6.45) is 36.6. The van der Waals surface area contributed by atoms with E-state index in [0.29, 0.717) is 19.7 Å². The van der Waals surface area contributed by atoms with E-state index in [2.05, 4.69) is 10.6 Å².